The fraction of sp³-hybridized carbons (Fsp3) is 0.933. The highest BCUT2D eigenvalue weighted by Crippen LogP contribution is 2.75. The van der Waals surface area contributed by atoms with Gasteiger partial charge < -0.3 is 20.4 Å². The quantitative estimate of drug-likeness (QED) is 0.421. The Balaban J connectivity index is 1.61. The number of aliphatic hydroxyl groups is 4. The summed E-state index contributed by atoms with van der Waals surface area (Å²) < 4.78 is 0. The van der Waals surface area contributed by atoms with E-state index in [2.05, 4.69) is 47.6 Å². The zero-order chi connectivity index (χ0) is 24.9. The van der Waals surface area contributed by atoms with Gasteiger partial charge in [-0.05, 0) is 97.2 Å². The average Bonchev–Trinajstić information content (AvgIpc) is 2.78. The van der Waals surface area contributed by atoms with Crippen molar-refractivity contribution in [2.24, 2.45) is 50.2 Å². The summed E-state index contributed by atoms with van der Waals surface area (Å²) in [5.74, 6) is 1.19. The summed E-state index contributed by atoms with van der Waals surface area (Å²) in [6.07, 6.45) is 10.3. The number of fused-ring (bicyclic) bond motifs is 7. The molecular weight excluding hydrogens is 424 g/mol. The SMILES string of the molecule is CC1(CO)CC[C@]2(CO)C[C@H](O)[C@]3(C)C(=CC[C@@H]4[C@@]5(C)CC[C@H](O)C(C)(C)C5CC[C@]43C)[C@H]2C1. The van der Waals surface area contributed by atoms with Crippen LogP contribution in [0.1, 0.15) is 99.3 Å². The van der Waals surface area contributed by atoms with Crippen LogP contribution < -0.4 is 0 Å². The second-order valence-electron chi connectivity index (χ2n) is 15.0. The summed E-state index contributed by atoms with van der Waals surface area (Å²) in [5, 5.41) is 43.8. The lowest BCUT2D eigenvalue weighted by Gasteiger charge is -2.72. The molecule has 0 aromatic heterocycles. The van der Waals surface area contributed by atoms with Crippen molar-refractivity contribution in [3.63, 3.8) is 0 Å². The Kier molecular flexibility index (Phi) is 5.61. The minimum absolute atomic E-state index is 0.0190. The Morgan fingerprint density at radius 3 is 2.15 bits per heavy atom. The number of hydrogen-bond donors (Lipinski definition) is 4. The minimum atomic E-state index is -0.462. The third kappa shape index (κ3) is 2.92. The predicted molar refractivity (Wildman–Crippen MR) is 135 cm³/mol. The van der Waals surface area contributed by atoms with Gasteiger partial charge in [-0.15, -0.1) is 0 Å². The topological polar surface area (TPSA) is 80.9 Å². The summed E-state index contributed by atoms with van der Waals surface area (Å²) in [7, 11) is 0. The van der Waals surface area contributed by atoms with Crippen molar-refractivity contribution in [2.75, 3.05) is 13.2 Å². The van der Waals surface area contributed by atoms with Crippen LogP contribution in [0.25, 0.3) is 0 Å². The first-order valence-corrected chi connectivity index (χ1v) is 14.0. The Labute approximate surface area is 207 Å². The van der Waals surface area contributed by atoms with Gasteiger partial charge in [-0.1, -0.05) is 53.2 Å². The minimum Gasteiger partial charge on any atom is -0.396 e. The van der Waals surface area contributed by atoms with Crippen molar-refractivity contribution in [2.45, 2.75) is 112 Å². The number of rotatable bonds is 2. The third-order valence-corrected chi connectivity index (χ3v) is 13.4. The predicted octanol–water partition coefficient (Wildman–Crippen LogP) is 5.08. The molecule has 0 heterocycles. The normalized spacial score (nSPS) is 56.4. The van der Waals surface area contributed by atoms with Gasteiger partial charge in [0.1, 0.15) is 0 Å². The third-order valence-electron chi connectivity index (χ3n) is 13.4. The molecule has 0 saturated heterocycles. The molecule has 0 amide bonds. The van der Waals surface area contributed by atoms with Crippen LogP contribution in [0.3, 0.4) is 0 Å². The van der Waals surface area contributed by atoms with Crippen LogP contribution >= 0.6 is 0 Å². The zero-order valence-corrected chi connectivity index (χ0v) is 22.5. The molecule has 34 heavy (non-hydrogen) atoms. The van der Waals surface area contributed by atoms with Crippen LogP contribution in [0.5, 0.6) is 0 Å². The molecular formula is C30H50O4. The van der Waals surface area contributed by atoms with Gasteiger partial charge in [0.15, 0.2) is 0 Å². The van der Waals surface area contributed by atoms with Gasteiger partial charge in [0, 0.05) is 24.0 Å². The molecule has 2 unspecified atom stereocenters. The van der Waals surface area contributed by atoms with Crippen molar-refractivity contribution in [3.8, 4) is 0 Å². The van der Waals surface area contributed by atoms with Gasteiger partial charge in [-0.2, -0.15) is 0 Å². The zero-order valence-electron chi connectivity index (χ0n) is 22.5. The smallest absolute Gasteiger partial charge is 0.0642 e. The molecule has 0 radical (unpaired) electrons. The van der Waals surface area contributed by atoms with Crippen molar-refractivity contribution in [3.05, 3.63) is 11.6 Å². The second kappa shape index (κ2) is 7.55. The Morgan fingerprint density at radius 2 is 1.50 bits per heavy atom. The van der Waals surface area contributed by atoms with Gasteiger partial charge in [0.25, 0.3) is 0 Å². The highest BCUT2D eigenvalue weighted by molar-refractivity contribution is 5.35. The monoisotopic (exact) mass is 474 g/mol. The van der Waals surface area contributed by atoms with Gasteiger partial charge in [0.05, 0.1) is 12.2 Å². The van der Waals surface area contributed by atoms with Crippen LogP contribution in [-0.4, -0.2) is 45.8 Å². The molecule has 4 nitrogen and oxygen atoms in total. The molecule has 5 aliphatic carbocycles. The van der Waals surface area contributed by atoms with E-state index in [9.17, 15) is 20.4 Å². The maximum absolute atomic E-state index is 12.0. The van der Waals surface area contributed by atoms with Gasteiger partial charge in [0.2, 0.25) is 0 Å². The first-order valence-electron chi connectivity index (χ1n) is 14.0. The second-order valence-corrected chi connectivity index (χ2v) is 15.0. The molecule has 0 spiro atoms. The number of aliphatic hydroxyl groups excluding tert-OH is 4. The molecule has 4 heteroatoms. The Morgan fingerprint density at radius 1 is 0.794 bits per heavy atom. The number of hydrogen-bond acceptors (Lipinski definition) is 4. The van der Waals surface area contributed by atoms with E-state index < -0.39 is 6.10 Å². The lowest BCUT2D eigenvalue weighted by molar-refractivity contribution is -0.227. The van der Waals surface area contributed by atoms with E-state index in [0.29, 0.717) is 18.3 Å². The van der Waals surface area contributed by atoms with Crippen LogP contribution in [0.2, 0.25) is 0 Å². The van der Waals surface area contributed by atoms with Crippen molar-refractivity contribution in [1.29, 1.82) is 0 Å². The Hall–Kier alpha value is -0.420. The summed E-state index contributed by atoms with van der Waals surface area (Å²) in [6, 6.07) is 0. The lowest BCUT2D eigenvalue weighted by Crippen LogP contribution is -2.68. The molecule has 4 fully saturated rings. The van der Waals surface area contributed by atoms with Crippen molar-refractivity contribution >= 4 is 0 Å². The molecule has 4 saturated carbocycles. The molecule has 0 aromatic rings. The van der Waals surface area contributed by atoms with Crippen LogP contribution in [0.4, 0.5) is 0 Å². The molecule has 4 N–H and O–H groups in total. The highest BCUT2D eigenvalue weighted by atomic mass is 16.3. The van der Waals surface area contributed by atoms with E-state index in [1.165, 1.54) is 5.57 Å². The van der Waals surface area contributed by atoms with Gasteiger partial charge >= 0.3 is 0 Å². The molecule has 0 bridgehead atoms. The standard InChI is InChI=1S/C30H50O4/c1-25(2)21-9-12-28(5)22(27(21,4)11-10-23(25)33)8-7-19-20-15-26(3,17-31)13-14-30(20,18-32)16-24(34)29(19,28)6/h7,20-24,31-34H,8-18H2,1-6H3/t20-,21?,22-,23+,24+,26?,27+,28-,29+,30-/m1/s1. The fourth-order valence-electron chi connectivity index (χ4n) is 10.8. The van der Waals surface area contributed by atoms with Crippen molar-refractivity contribution < 1.29 is 20.4 Å². The average molecular weight is 475 g/mol. The molecule has 5 rings (SSSR count). The van der Waals surface area contributed by atoms with Crippen molar-refractivity contribution in [1.82, 2.24) is 0 Å². The maximum Gasteiger partial charge on any atom is 0.0642 e. The Bertz CT molecular complexity index is 866. The molecule has 194 valence electrons. The molecule has 5 aliphatic rings. The molecule has 0 aromatic carbocycles. The van der Waals surface area contributed by atoms with Crippen LogP contribution in [0.15, 0.2) is 11.6 Å². The summed E-state index contributed by atoms with van der Waals surface area (Å²) in [6.45, 7) is 14.4. The summed E-state index contributed by atoms with van der Waals surface area (Å²) in [5.41, 5.74) is 0.742. The van der Waals surface area contributed by atoms with E-state index in [1.807, 2.05) is 0 Å². The van der Waals surface area contributed by atoms with E-state index in [0.717, 1.165) is 51.4 Å². The lowest BCUT2D eigenvalue weighted by atomic mass is 9.33. The first-order chi connectivity index (χ1) is 15.7. The molecule has 10 atom stereocenters. The molecule has 0 aliphatic heterocycles. The first kappa shape index (κ1) is 25.2. The van der Waals surface area contributed by atoms with E-state index in [1.54, 1.807) is 0 Å². The number of allylic oxidation sites excluding steroid dienone is 1. The van der Waals surface area contributed by atoms with Gasteiger partial charge in [-0.25, -0.2) is 0 Å². The van der Waals surface area contributed by atoms with E-state index >= 15 is 0 Å². The van der Waals surface area contributed by atoms with Crippen LogP contribution in [0, 0.1) is 50.2 Å². The van der Waals surface area contributed by atoms with E-state index in [4.69, 9.17) is 0 Å². The fourth-order valence-corrected chi connectivity index (χ4v) is 10.8. The van der Waals surface area contributed by atoms with E-state index in [-0.39, 0.29) is 57.7 Å². The summed E-state index contributed by atoms with van der Waals surface area (Å²) >= 11 is 0. The highest BCUT2D eigenvalue weighted by Gasteiger charge is 2.70. The van der Waals surface area contributed by atoms with Gasteiger partial charge in [-0.3, -0.25) is 0 Å². The van der Waals surface area contributed by atoms with Crippen LogP contribution in [-0.2, 0) is 0 Å². The largest absolute Gasteiger partial charge is 0.396 e. The summed E-state index contributed by atoms with van der Waals surface area (Å²) in [4.78, 5) is 0. The maximum atomic E-state index is 12.0.